The second-order valence-electron chi connectivity index (χ2n) is 3.66. The van der Waals surface area contributed by atoms with Crippen molar-refractivity contribution in [3.8, 4) is 0 Å². The van der Waals surface area contributed by atoms with Crippen LogP contribution in [0.15, 0.2) is 35.3 Å². The number of hydrogen-bond donors (Lipinski definition) is 1. The number of hydrogen-bond acceptors (Lipinski definition) is 3. The minimum atomic E-state index is 0.426. The molecule has 3 nitrogen and oxygen atoms in total. The van der Waals surface area contributed by atoms with Gasteiger partial charge in [-0.3, -0.25) is 4.99 Å². The van der Waals surface area contributed by atoms with Crippen molar-refractivity contribution in [3.05, 3.63) is 35.9 Å². The van der Waals surface area contributed by atoms with Crippen LogP contribution in [0.5, 0.6) is 0 Å². The summed E-state index contributed by atoms with van der Waals surface area (Å²) >= 11 is 0. The first-order valence-corrected chi connectivity index (χ1v) is 4.88. The lowest BCUT2D eigenvalue weighted by atomic mass is 10.2. The molecule has 0 aliphatic carbocycles. The van der Waals surface area contributed by atoms with Crippen molar-refractivity contribution in [3.63, 3.8) is 0 Å². The van der Waals surface area contributed by atoms with E-state index in [4.69, 9.17) is 5.73 Å². The Hall–Kier alpha value is -1.51. The molecule has 1 unspecified atom stereocenters. The molecule has 1 aliphatic heterocycles. The van der Waals surface area contributed by atoms with E-state index in [0.29, 0.717) is 12.0 Å². The van der Waals surface area contributed by atoms with Crippen molar-refractivity contribution >= 4 is 5.96 Å². The molecule has 3 heteroatoms. The van der Waals surface area contributed by atoms with Crippen molar-refractivity contribution in [2.24, 2.45) is 10.7 Å². The first kappa shape index (κ1) is 9.06. The van der Waals surface area contributed by atoms with Gasteiger partial charge in [-0.1, -0.05) is 30.3 Å². The molecule has 2 rings (SSSR count). The fourth-order valence-corrected chi connectivity index (χ4v) is 1.66. The zero-order valence-electron chi connectivity index (χ0n) is 8.35. The van der Waals surface area contributed by atoms with Crippen LogP contribution in [0.25, 0.3) is 0 Å². The number of nitrogens with zero attached hydrogens (tertiary/aromatic N) is 2. The van der Waals surface area contributed by atoms with E-state index in [9.17, 15) is 0 Å². The van der Waals surface area contributed by atoms with E-state index in [0.717, 1.165) is 13.1 Å². The summed E-state index contributed by atoms with van der Waals surface area (Å²) in [7, 11) is 0. The van der Waals surface area contributed by atoms with E-state index in [-0.39, 0.29) is 0 Å². The fourth-order valence-electron chi connectivity index (χ4n) is 1.66. The molecule has 2 N–H and O–H groups in total. The highest BCUT2D eigenvalue weighted by Crippen LogP contribution is 2.12. The summed E-state index contributed by atoms with van der Waals surface area (Å²) in [6.07, 6.45) is 0. The van der Waals surface area contributed by atoms with Crippen LogP contribution >= 0.6 is 0 Å². The zero-order valence-corrected chi connectivity index (χ0v) is 8.35. The van der Waals surface area contributed by atoms with Crippen molar-refractivity contribution < 1.29 is 0 Å². The van der Waals surface area contributed by atoms with Gasteiger partial charge in [0.05, 0.1) is 6.54 Å². The van der Waals surface area contributed by atoms with Gasteiger partial charge in [0.15, 0.2) is 5.96 Å². The Labute approximate surface area is 84.2 Å². The summed E-state index contributed by atoms with van der Waals surface area (Å²) in [6.45, 7) is 3.82. The quantitative estimate of drug-likeness (QED) is 0.759. The highest BCUT2D eigenvalue weighted by atomic mass is 15.3. The minimum Gasteiger partial charge on any atom is -0.370 e. The Morgan fingerprint density at radius 1 is 1.43 bits per heavy atom. The standard InChI is InChI=1S/C11H15N3/c1-9-7-13-11(12)14(9)8-10-5-3-2-4-6-10/h2-6,9H,7-8H2,1H3,(H2,12,13). The fraction of sp³-hybridized carbons (Fsp3) is 0.364. The van der Waals surface area contributed by atoms with Crippen molar-refractivity contribution in [1.82, 2.24) is 4.90 Å². The van der Waals surface area contributed by atoms with E-state index in [1.807, 2.05) is 18.2 Å². The summed E-state index contributed by atoms with van der Waals surface area (Å²) in [6, 6.07) is 10.8. The first-order valence-electron chi connectivity index (χ1n) is 4.88. The van der Waals surface area contributed by atoms with E-state index >= 15 is 0 Å². The molecule has 0 spiro atoms. The Bertz CT molecular complexity index is 332. The lowest BCUT2D eigenvalue weighted by molar-refractivity contribution is 0.354. The van der Waals surface area contributed by atoms with Gasteiger partial charge in [0, 0.05) is 12.6 Å². The van der Waals surface area contributed by atoms with Gasteiger partial charge in [-0.05, 0) is 12.5 Å². The molecular weight excluding hydrogens is 174 g/mol. The van der Waals surface area contributed by atoms with E-state index in [1.54, 1.807) is 0 Å². The number of benzene rings is 1. The predicted octanol–water partition coefficient (Wildman–Crippen LogP) is 1.21. The zero-order chi connectivity index (χ0) is 9.97. The van der Waals surface area contributed by atoms with Crippen LogP contribution in [0.2, 0.25) is 0 Å². The molecule has 0 fully saturated rings. The van der Waals surface area contributed by atoms with Crippen molar-refractivity contribution in [2.45, 2.75) is 19.5 Å². The highest BCUT2D eigenvalue weighted by molar-refractivity contribution is 5.80. The predicted molar refractivity (Wildman–Crippen MR) is 57.9 cm³/mol. The molecule has 0 saturated heterocycles. The third kappa shape index (κ3) is 1.71. The maximum Gasteiger partial charge on any atom is 0.191 e. The van der Waals surface area contributed by atoms with Crippen LogP contribution in [0.1, 0.15) is 12.5 Å². The number of aliphatic imine (C=N–C) groups is 1. The van der Waals surface area contributed by atoms with Gasteiger partial charge in [-0.15, -0.1) is 0 Å². The van der Waals surface area contributed by atoms with Crippen molar-refractivity contribution in [2.75, 3.05) is 6.54 Å². The Balaban J connectivity index is 2.08. The van der Waals surface area contributed by atoms with E-state index < -0.39 is 0 Å². The maximum atomic E-state index is 5.79. The summed E-state index contributed by atoms with van der Waals surface area (Å²) in [5.41, 5.74) is 7.07. The lowest BCUT2D eigenvalue weighted by Crippen LogP contribution is -2.38. The molecule has 0 aromatic heterocycles. The van der Waals surface area contributed by atoms with Gasteiger partial charge in [0.1, 0.15) is 0 Å². The largest absolute Gasteiger partial charge is 0.370 e. The van der Waals surface area contributed by atoms with E-state index in [1.165, 1.54) is 5.56 Å². The second-order valence-corrected chi connectivity index (χ2v) is 3.66. The summed E-state index contributed by atoms with van der Waals surface area (Å²) in [4.78, 5) is 6.35. The Morgan fingerprint density at radius 2 is 2.14 bits per heavy atom. The molecule has 1 heterocycles. The molecular formula is C11H15N3. The van der Waals surface area contributed by atoms with Gasteiger partial charge < -0.3 is 10.6 Å². The summed E-state index contributed by atoms with van der Waals surface area (Å²) in [5.74, 6) is 0.668. The monoisotopic (exact) mass is 189 g/mol. The van der Waals surface area contributed by atoms with Gasteiger partial charge in [0.2, 0.25) is 0 Å². The molecule has 1 atom stereocenters. The number of guanidine groups is 1. The second kappa shape index (κ2) is 3.70. The Kier molecular flexibility index (Phi) is 2.39. The van der Waals surface area contributed by atoms with Crippen molar-refractivity contribution in [1.29, 1.82) is 0 Å². The molecule has 0 saturated carbocycles. The minimum absolute atomic E-state index is 0.426. The topological polar surface area (TPSA) is 41.6 Å². The summed E-state index contributed by atoms with van der Waals surface area (Å²) < 4.78 is 0. The molecule has 0 amide bonds. The third-order valence-electron chi connectivity index (χ3n) is 2.54. The summed E-state index contributed by atoms with van der Waals surface area (Å²) in [5, 5.41) is 0. The molecule has 1 aromatic carbocycles. The van der Waals surface area contributed by atoms with Gasteiger partial charge in [0.25, 0.3) is 0 Å². The van der Waals surface area contributed by atoms with Gasteiger partial charge >= 0.3 is 0 Å². The molecule has 1 aliphatic rings. The molecule has 74 valence electrons. The van der Waals surface area contributed by atoms with Crippen LogP contribution in [-0.4, -0.2) is 23.4 Å². The third-order valence-corrected chi connectivity index (χ3v) is 2.54. The molecule has 1 aromatic rings. The maximum absolute atomic E-state index is 5.79. The molecule has 14 heavy (non-hydrogen) atoms. The Morgan fingerprint density at radius 3 is 2.71 bits per heavy atom. The number of nitrogens with two attached hydrogens (primary N) is 1. The SMILES string of the molecule is CC1CN=C(N)N1Cc1ccccc1. The van der Waals surface area contributed by atoms with Crippen LogP contribution in [0.4, 0.5) is 0 Å². The van der Waals surface area contributed by atoms with Crippen LogP contribution in [0.3, 0.4) is 0 Å². The normalized spacial score (nSPS) is 21.1. The highest BCUT2D eigenvalue weighted by Gasteiger charge is 2.21. The van der Waals surface area contributed by atoms with Gasteiger partial charge in [-0.25, -0.2) is 0 Å². The van der Waals surface area contributed by atoms with Crippen LogP contribution in [0, 0.1) is 0 Å². The molecule has 0 bridgehead atoms. The van der Waals surface area contributed by atoms with Gasteiger partial charge in [-0.2, -0.15) is 0 Å². The first-order chi connectivity index (χ1) is 6.77. The average Bonchev–Trinajstić information content (AvgIpc) is 2.51. The lowest BCUT2D eigenvalue weighted by Gasteiger charge is -2.23. The smallest absolute Gasteiger partial charge is 0.191 e. The molecule has 0 radical (unpaired) electrons. The van der Waals surface area contributed by atoms with Crippen LogP contribution < -0.4 is 5.73 Å². The number of rotatable bonds is 2. The average molecular weight is 189 g/mol. The van der Waals surface area contributed by atoms with Crippen LogP contribution in [-0.2, 0) is 6.54 Å². The van der Waals surface area contributed by atoms with E-state index in [2.05, 4.69) is 28.9 Å².